The topological polar surface area (TPSA) is 9.23 Å². The van der Waals surface area contributed by atoms with Crippen LogP contribution < -0.4 is 0 Å². The highest BCUT2D eigenvalue weighted by Crippen LogP contribution is 2.05. The van der Waals surface area contributed by atoms with Crippen molar-refractivity contribution in [2.75, 3.05) is 6.61 Å². The van der Waals surface area contributed by atoms with Crippen molar-refractivity contribution in [1.29, 1.82) is 0 Å². The summed E-state index contributed by atoms with van der Waals surface area (Å²) in [5.41, 5.74) is 0. The highest BCUT2D eigenvalue weighted by Gasteiger charge is 1.80. The monoisotopic (exact) mass is 113 g/mol. The van der Waals surface area contributed by atoms with E-state index in [0.717, 1.165) is 0 Å². The number of hydrogen-bond acceptors (Lipinski definition) is 2. The summed E-state index contributed by atoms with van der Waals surface area (Å²) in [4.78, 5) is 0. The first-order valence-corrected chi connectivity index (χ1v) is 2.94. The molecule has 0 aromatic rings. The molecule has 0 saturated heterocycles. The Morgan fingerprint density at radius 2 is 2.71 bits per heavy atom. The number of rotatable bonds is 0. The fourth-order valence-electron chi connectivity index (χ4n) is 0.292. The van der Waals surface area contributed by atoms with Crippen molar-refractivity contribution >= 4 is 11.8 Å². The molecule has 1 nitrogen and oxygen atoms in total. The van der Waals surface area contributed by atoms with E-state index in [1.807, 2.05) is 11.5 Å². The van der Waals surface area contributed by atoms with Gasteiger partial charge in [-0.25, -0.2) is 0 Å². The number of ether oxygens (including phenoxy) is 1. The van der Waals surface area contributed by atoms with Crippen LogP contribution in [0.1, 0.15) is 0 Å². The van der Waals surface area contributed by atoms with Gasteiger partial charge in [0.2, 0.25) is 0 Å². The van der Waals surface area contributed by atoms with Crippen LogP contribution in [0.3, 0.4) is 0 Å². The van der Waals surface area contributed by atoms with Crippen molar-refractivity contribution in [2.24, 2.45) is 0 Å². The van der Waals surface area contributed by atoms with E-state index in [9.17, 15) is 0 Å². The Hall–Kier alpha value is -0.370. The first-order valence-electron chi connectivity index (χ1n) is 1.99. The molecule has 0 aliphatic carbocycles. The Morgan fingerprint density at radius 1 is 1.71 bits per heavy atom. The lowest BCUT2D eigenvalue weighted by molar-refractivity contribution is 0.268. The van der Waals surface area contributed by atoms with Crippen LogP contribution >= 0.6 is 11.8 Å². The Balaban J connectivity index is 2.38. The minimum absolute atomic E-state index is 0.656. The van der Waals surface area contributed by atoms with Gasteiger partial charge >= 0.3 is 0 Å². The summed E-state index contributed by atoms with van der Waals surface area (Å²) < 4.78 is 4.78. The third kappa shape index (κ3) is 1.69. The Morgan fingerprint density at radius 3 is 3.71 bits per heavy atom. The average Bonchev–Trinajstić information content (AvgIpc) is 1.90. The molecule has 7 heavy (non-hydrogen) atoms. The van der Waals surface area contributed by atoms with Crippen molar-refractivity contribution in [1.82, 2.24) is 0 Å². The van der Waals surface area contributed by atoms with E-state index in [2.05, 4.69) is 6.26 Å². The van der Waals surface area contributed by atoms with E-state index in [4.69, 9.17) is 4.74 Å². The van der Waals surface area contributed by atoms with Gasteiger partial charge in [-0.1, -0.05) is 0 Å². The molecule has 0 atom stereocenters. The molecule has 37 valence electrons. The van der Waals surface area contributed by atoms with E-state index in [1.165, 1.54) is 0 Å². The van der Waals surface area contributed by atoms with E-state index in [1.54, 1.807) is 17.2 Å². The zero-order valence-electron chi connectivity index (χ0n) is 3.76. The van der Waals surface area contributed by atoms with Gasteiger partial charge in [-0.05, 0) is 11.5 Å². The third-order valence-corrected chi connectivity index (χ3v) is 1.14. The fourth-order valence-corrected chi connectivity index (χ4v) is 0.684. The fraction of sp³-hybridized carbons (Fsp3) is 0.200. The van der Waals surface area contributed by atoms with Gasteiger partial charge in [0.15, 0.2) is 6.26 Å². The lowest BCUT2D eigenvalue weighted by atomic mass is 10.7. The van der Waals surface area contributed by atoms with Gasteiger partial charge in [0.05, 0.1) is 0 Å². The predicted octanol–water partition coefficient (Wildman–Crippen LogP) is 1.54. The molecule has 1 aliphatic heterocycles. The van der Waals surface area contributed by atoms with Crippen LogP contribution in [0.4, 0.5) is 0 Å². The average molecular weight is 113 g/mol. The number of thioether (sulfide) groups is 1. The van der Waals surface area contributed by atoms with E-state index >= 15 is 0 Å². The molecule has 0 bridgehead atoms. The van der Waals surface area contributed by atoms with Crippen molar-refractivity contribution < 1.29 is 4.74 Å². The molecule has 0 N–H and O–H groups in total. The summed E-state index contributed by atoms with van der Waals surface area (Å²) in [6.45, 7) is 0.656. The molecule has 0 amide bonds. The smallest absolute Gasteiger partial charge is 0.168 e. The van der Waals surface area contributed by atoms with Crippen LogP contribution in [0, 0.1) is 6.26 Å². The minimum Gasteiger partial charge on any atom is -0.485 e. The van der Waals surface area contributed by atoms with Crippen LogP contribution in [0.2, 0.25) is 0 Å². The second-order valence-electron chi connectivity index (χ2n) is 1.05. The van der Waals surface area contributed by atoms with E-state index in [0.29, 0.717) is 6.61 Å². The van der Waals surface area contributed by atoms with Gasteiger partial charge in [0.1, 0.15) is 6.61 Å². The molecule has 0 saturated carbocycles. The highest BCUT2D eigenvalue weighted by atomic mass is 32.2. The van der Waals surface area contributed by atoms with Crippen LogP contribution in [0.5, 0.6) is 0 Å². The van der Waals surface area contributed by atoms with Gasteiger partial charge in [-0.15, -0.1) is 11.8 Å². The summed E-state index contributed by atoms with van der Waals surface area (Å²) in [5.74, 6) is 0. The third-order valence-electron chi connectivity index (χ3n) is 0.554. The van der Waals surface area contributed by atoms with E-state index in [-0.39, 0.29) is 0 Å². The molecule has 1 radical (unpaired) electrons. The van der Waals surface area contributed by atoms with Crippen molar-refractivity contribution in [3.8, 4) is 0 Å². The van der Waals surface area contributed by atoms with Crippen molar-refractivity contribution in [3.05, 3.63) is 23.2 Å². The summed E-state index contributed by atoms with van der Waals surface area (Å²) in [7, 11) is 0. The highest BCUT2D eigenvalue weighted by molar-refractivity contribution is 8.04. The molecule has 0 unspecified atom stereocenters. The molecule has 2 heteroatoms. The Bertz CT molecular complexity index is 84.3. The first kappa shape index (κ1) is 4.78. The molecule has 1 rings (SSSR count). The molecule has 1 heterocycles. The van der Waals surface area contributed by atoms with Crippen molar-refractivity contribution in [3.63, 3.8) is 0 Å². The molecule has 0 aromatic heterocycles. The predicted molar refractivity (Wildman–Crippen MR) is 30.5 cm³/mol. The second kappa shape index (κ2) is 2.75. The lowest BCUT2D eigenvalue weighted by Crippen LogP contribution is -1.76. The standard InChI is InChI=1S/C5H5OS/c1-2-6-3-5-7-4-1/h1,4-5H,2H2. The molecule has 0 spiro atoms. The van der Waals surface area contributed by atoms with Gasteiger partial charge in [-0.3, -0.25) is 0 Å². The van der Waals surface area contributed by atoms with Crippen LogP contribution in [0.25, 0.3) is 0 Å². The zero-order valence-corrected chi connectivity index (χ0v) is 4.57. The molecule has 1 aliphatic rings. The van der Waals surface area contributed by atoms with Gasteiger partial charge in [0.25, 0.3) is 0 Å². The number of hydrogen-bond donors (Lipinski definition) is 0. The maximum Gasteiger partial charge on any atom is 0.168 e. The largest absolute Gasteiger partial charge is 0.485 e. The normalized spacial score (nSPS) is 18.3. The molecular weight excluding hydrogens is 108 g/mol. The zero-order chi connectivity index (χ0) is 4.95. The Labute approximate surface area is 47.1 Å². The molecular formula is C5H5OS. The van der Waals surface area contributed by atoms with Crippen LogP contribution in [0.15, 0.2) is 16.9 Å². The summed E-state index contributed by atoms with van der Waals surface area (Å²) in [6, 6.07) is 0. The second-order valence-corrected chi connectivity index (χ2v) is 1.83. The quantitative estimate of drug-likeness (QED) is 0.471. The summed E-state index contributed by atoms with van der Waals surface area (Å²) in [6.07, 6.45) is 4.57. The SMILES string of the molecule is [C]1=CSC=CCO1. The van der Waals surface area contributed by atoms with Gasteiger partial charge in [0, 0.05) is 5.41 Å². The molecule has 0 fully saturated rings. The summed E-state index contributed by atoms with van der Waals surface area (Å²) in [5, 5.41) is 3.75. The van der Waals surface area contributed by atoms with E-state index < -0.39 is 0 Å². The maximum absolute atomic E-state index is 4.78. The lowest BCUT2D eigenvalue weighted by Gasteiger charge is -1.84. The first-order chi connectivity index (χ1) is 3.50. The van der Waals surface area contributed by atoms with Crippen molar-refractivity contribution in [2.45, 2.75) is 0 Å². The Kier molecular flexibility index (Phi) is 1.88. The minimum atomic E-state index is 0.656. The van der Waals surface area contributed by atoms with Crippen LogP contribution in [-0.2, 0) is 4.74 Å². The maximum atomic E-state index is 4.78. The summed E-state index contributed by atoms with van der Waals surface area (Å²) >= 11 is 1.57. The van der Waals surface area contributed by atoms with Gasteiger partial charge in [-0.2, -0.15) is 0 Å². The van der Waals surface area contributed by atoms with Gasteiger partial charge < -0.3 is 4.74 Å². The van der Waals surface area contributed by atoms with Crippen LogP contribution in [-0.4, -0.2) is 6.61 Å². The molecule has 0 aromatic carbocycles.